The summed E-state index contributed by atoms with van der Waals surface area (Å²) in [5, 5.41) is 15.9. The maximum absolute atomic E-state index is 13.6. The number of carbonyl (C=O) groups is 4. The van der Waals surface area contributed by atoms with E-state index in [1.807, 2.05) is 0 Å². The number of imide groups is 1. The molecular weight excluding hydrogens is 414 g/mol. The number of nitrogens with two attached hydrogens (primary N) is 1. The maximum atomic E-state index is 13.6. The molecule has 4 rings (SSSR count). The van der Waals surface area contributed by atoms with Gasteiger partial charge in [0, 0.05) is 18.8 Å². The summed E-state index contributed by atoms with van der Waals surface area (Å²) in [5.74, 6) is -3.78. The first kappa shape index (κ1) is 22.2. The van der Waals surface area contributed by atoms with Gasteiger partial charge in [-0.3, -0.25) is 29.6 Å². The monoisotopic (exact) mass is 443 g/mol. The highest BCUT2D eigenvalue weighted by atomic mass is 16.4. The normalized spacial score (nSPS) is 30.4. The van der Waals surface area contributed by atoms with Gasteiger partial charge in [-0.15, -0.1) is 0 Å². The van der Waals surface area contributed by atoms with E-state index in [9.17, 15) is 24.3 Å². The molecule has 1 aromatic heterocycles. The maximum Gasteiger partial charge on any atom is 0.324 e. The lowest BCUT2D eigenvalue weighted by molar-refractivity contribution is -0.153. The third kappa shape index (κ3) is 3.72. The number of urea groups is 1. The highest BCUT2D eigenvalue weighted by Crippen LogP contribution is 2.51. The van der Waals surface area contributed by atoms with E-state index in [0.717, 1.165) is 32.1 Å². The van der Waals surface area contributed by atoms with Gasteiger partial charge in [0.2, 0.25) is 11.8 Å². The minimum absolute atomic E-state index is 0.0602. The molecule has 1 aromatic rings. The Morgan fingerprint density at radius 2 is 1.97 bits per heavy atom. The molecular formula is C22H29N5O5. The molecule has 3 aliphatic rings. The van der Waals surface area contributed by atoms with Crippen molar-refractivity contribution >= 4 is 23.8 Å². The molecule has 32 heavy (non-hydrogen) atoms. The number of aromatic nitrogens is 1. The Kier molecular flexibility index (Phi) is 6.14. The number of carboxylic acids is 1. The van der Waals surface area contributed by atoms with E-state index >= 15 is 0 Å². The van der Waals surface area contributed by atoms with Crippen molar-refractivity contribution in [2.45, 2.75) is 62.6 Å². The Labute approximate surface area is 185 Å². The lowest BCUT2D eigenvalue weighted by Crippen LogP contribution is -2.57. The van der Waals surface area contributed by atoms with Crippen LogP contribution in [0.5, 0.6) is 0 Å². The zero-order chi connectivity index (χ0) is 22.9. The average molecular weight is 444 g/mol. The van der Waals surface area contributed by atoms with Gasteiger partial charge in [-0.2, -0.15) is 0 Å². The number of nitrogens with one attached hydrogen (secondary N) is 2. The molecule has 2 aliphatic heterocycles. The predicted octanol–water partition coefficient (Wildman–Crippen LogP) is 0.932. The zero-order valence-corrected chi connectivity index (χ0v) is 17.8. The molecule has 5 N–H and O–H groups in total. The fraction of sp³-hybridized carbons (Fsp3) is 0.591. The molecule has 172 valence electrons. The lowest BCUT2D eigenvalue weighted by Gasteiger charge is -2.34. The second-order valence-corrected chi connectivity index (χ2v) is 8.89. The number of fused-ring (bicyclic) bond motifs is 1. The Hall–Kier alpha value is -3.01. The van der Waals surface area contributed by atoms with Gasteiger partial charge in [0.05, 0.1) is 23.6 Å². The Morgan fingerprint density at radius 1 is 1.22 bits per heavy atom. The van der Waals surface area contributed by atoms with Gasteiger partial charge in [0.15, 0.2) is 0 Å². The molecule has 10 heteroatoms. The summed E-state index contributed by atoms with van der Waals surface area (Å²) in [6.45, 7) is 0.173. The average Bonchev–Trinajstić information content (AvgIpc) is 3.27. The van der Waals surface area contributed by atoms with E-state index in [1.54, 1.807) is 24.4 Å². The van der Waals surface area contributed by atoms with Crippen LogP contribution in [0.1, 0.15) is 56.7 Å². The second-order valence-electron chi connectivity index (χ2n) is 8.89. The number of amides is 4. The van der Waals surface area contributed by atoms with Crippen LogP contribution in [0.25, 0.3) is 0 Å². The van der Waals surface area contributed by atoms with E-state index in [1.165, 1.54) is 4.90 Å². The summed E-state index contributed by atoms with van der Waals surface area (Å²) in [6.07, 6.45) is 6.40. The summed E-state index contributed by atoms with van der Waals surface area (Å²) in [6, 6.07) is 3.69. The third-order valence-electron chi connectivity index (χ3n) is 7.06. The van der Waals surface area contributed by atoms with Crippen LogP contribution in [0.2, 0.25) is 0 Å². The van der Waals surface area contributed by atoms with E-state index in [0.29, 0.717) is 5.69 Å². The van der Waals surface area contributed by atoms with Crippen molar-refractivity contribution in [1.82, 2.24) is 20.5 Å². The molecule has 4 atom stereocenters. The van der Waals surface area contributed by atoms with Crippen molar-refractivity contribution in [1.29, 1.82) is 0 Å². The highest BCUT2D eigenvalue weighted by Gasteiger charge is 2.69. The van der Waals surface area contributed by atoms with Crippen molar-refractivity contribution in [3.05, 3.63) is 30.1 Å². The molecule has 2 saturated heterocycles. The van der Waals surface area contributed by atoms with Crippen molar-refractivity contribution in [2.75, 3.05) is 6.54 Å². The van der Waals surface area contributed by atoms with Crippen LogP contribution < -0.4 is 16.4 Å². The summed E-state index contributed by atoms with van der Waals surface area (Å²) >= 11 is 0. The first-order valence-corrected chi connectivity index (χ1v) is 11.2. The standard InChI is InChI=1S/C22H29N5O5/c23-21(32)25-12-6-10-22(20(30)31)16-15(17(26-22)14-9-4-5-11-24-14)18(28)27(19(16)29)13-7-2-1-3-8-13/h4-5,9,11,13,15-17,26H,1-3,6-8,10,12H2,(H,30,31)(H3,23,25,32). The summed E-state index contributed by atoms with van der Waals surface area (Å²) < 4.78 is 0. The minimum Gasteiger partial charge on any atom is -0.480 e. The molecule has 3 fully saturated rings. The van der Waals surface area contributed by atoms with Crippen LogP contribution >= 0.6 is 0 Å². The zero-order valence-electron chi connectivity index (χ0n) is 17.8. The largest absolute Gasteiger partial charge is 0.480 e. The van der Waals surface area contributed by atoms with Crippen LogP contribution in [0.3, 0.4) is 0 Å². The van der Waals surface area contributed by atoms with E-state index in [4.69, 9.17) is 5.73 Å². The van der Waals surface area contributed by atoms with Gasteiger partial charge in [0.25, 0.3) is 0 Å². The molecule has 0 radical (unpaired) electrons. The number of primary amides is 1. The summed E-state index contributed by atoms with van der Waals surface area (Å²) in [7, 11) is 0. The number of nitrogens with zero attached hydrogens (tertiary/aromatic N) is 2. The fourth-order valence-electron chi connectivity index (χ4n) is 5.65. The SMILES string of the molecule is NC(=O)NCCCC1(C(=O)O)NC(c2ccccn2)C2C(=O)N(C3CCCCC3)C(=O)C21. The third-order valence-corrected chi connectivity index (χ3v) is 7.06. The summed E-state index contributed by atoms with van der Waals surface area (Å²) in [5.41, 5.74) is 4.01. The number of carbonyl (C=O) groups excluding carboxylic acids is 3. The van der Waals surface area contributed by atoms with Gasteiger partial charge in [-0.05, 0) is 37.8 Å². The number of rotatable bonds is 7. The first-order chi connectivity index (χ1) is 15.4. The van der Waals surface area contributed by atoms with Crippen LogP contribution in [0.4, 0.5) is 4.79 Å². The van der Waals surface area contributed by atoms with Crippen LogP contribution in [-0.2, 0) is 14.4 Å². The number of carboxylic acid groups (broad SMARTS) is 1. The van der Waals surface area contributed by atoms with Gasteiger partial charge < -0.3 is 16.2 Å². The second kappa shape index (κ2) is 8.85. The molecule has 0 bridgehead atoms. The Bertz CT molecular complexity index is 903. The smallest absolute Gasteiger partial charge is 0.324 e. The number of hydrogen-bond donors (Lipinski definition) is 4. The number of pyridine rings is 1. The van der Waals surface area contributed by atoms with Gasteiger partial charge in [-0.25, -0.2) is 4.79 Å². The molecule has 4 unspecified atom stereocenters. The Balaban J connectivity index is 1.70. The molecule has 1 saturated carbocycles. The van der Waals surface area contributed by atoms with Gasteiger partial charge in [-0.1, -0.05) is 25.3 Å². The topological polar surface area (TPSA) is 155 Å². The van der Waals surface area contributed by atoms with E-state index in [2.05, 4.69) is 15.6 Å². The molecule has 10 nitrogen and oxygen atoms in total. The molecule has 1 aliphatic carbocycles. The Morgan fingerprint density at radius 3 is 2.59 bits per heavy atom. The molecule has 4 amide bonds. The van der Waals surface area contributed by atoms with Crippen LogP contribution in [-0.4, -0.2) is 56.9 Å². The van der Waals surface area contributed by atoms with Gasteiger partial charge >= 0.3 is 12.0 Å². The predicted molar refractivity (Wildman–Crippen MR) is 113 cm³/mol. The molecule has 0 spiro atoms. The lowest BCUT2D eigenvalue weighted by atomic mass is 9.77. The van der Waals surface area contributed by atoms with Crippen molar-refractivity contribution in [2.24, 2.45) is 17.6 Å². The number of likely N-dealkylation sites (tertiary alicyclic amines) is 1. The van der Waals surface area contributed by atoms with Crippen molar-refractivity contribution in [3.63, 3.8) is 0 Å². The van der Waals surface area contributed by atoms with Crippen LogP contribution in [0, 0.1) is 11.8 Å². The quantitative estimate of drug-likeness (QED) is 0.361. The van der Waals surface area contributed by atoms with Crippen molar-refractivity contribution < 1.29 is 24.3 Å². The number of aliphatic carboxylic acids is 1. The highest BCUT2D eigenvalue weighted by molar-refractivity contribution is 6.09. The molecule has 0 aromatic carbocycles. The van der Waals surface area contributed by atoms with Crippen molar-refractivity contribution in [3.8, 4) is 0 Å². The first-order valence-electron chi connectivity index (χ1n) is 11.2. The fourth-order valence-corrected chi connectivity index (χ4v) is 5.65. The van der Waals surface area contributed by atoms with Gasteiger partial charge in [0.1, 0.15) is 5.54 Å². The van der Waals surface area contributed by atoms with Crippen LogP contribution in [0.15, 0.2) is 24.4 Å². The van der Waals surface area contributed by atoms with E-state index < -0.39 is 41.3 Å². The molecule has 3 heterocycles. The number of hydrogen-bond acceptors (Lipinski definition) is 6. The minimum atomic E-state index is -1.64. The van der Waals surface area contributed by atoms with E-state index in [-0.39, 0.29) is 31.3 Å². The summed E-state index contributed by atoms with van der Waals surface area (Å²) in [4.78, 5) is 56.5.